The summed E-state index contributed by atoms with van der Waals surface area (Å²) in [5, 5.41) is 2.58. The molecule has 1 aromatic rings. The van der Waals surface area contributed by atoms with Crippen LogP contribution in [0.5, 0.6) is 0 Å². The predicted molar refractivity (Wildman–Crippen MR) is 70.1 cm³/mol. The van der Waals surface area contributed by atoms with Crippen molar-refractivity contribution in [2.75, 3.05) is 6.54 Å². The fourth-order valence-corrected chi connectivity index (χ4v) is 1.18. The zero-order chi connectivity index (χ0) is 13.6. The quantitative estimate of drug-likeness (QED) is 0.773. The van der Waals surface area contributed by atoms with Crippen molar-refractivity contribution in [3.8, 4) is 11.8 Å². The van der Waals surface area contributed by atoms with Crippen LogP contribution >= 0.6 is 0 Å². The molecule has 0 atom stereocenters. The molecule has 0 saturated carbocycles. The number of amides is 1. The third-order valence-corrected chi connectivity index (χ3v) is 1.96. The lowest BCUT2D eigenvalue weighted by atomic mass is 10.2. The summed E-state index contributed by atoms with van der Waals surface area (Å²) in [5.41, 5.74) is 1.44. The maximum Gasteiger partial charge on any atom is 0.408 e. The van der Waals surface area contributed by atoms with Crippen molar-refractivity contribution in [3.63, 3.8) is 0 Å². The summed E-state index contributed by atoms with van der Waals surface area (Å²) in [6.07, 6.45) is 2.99. The summed E-state index contributed by atoms with van der Waals surface area (Å²) in [5.74, 6) is 5.84. The van der Waals surface area contributed by atoms with Crippen molar-refractivity contribution in [2.45, 2.75) is 33.3 Å². The van der Waals surface area contributed by atoms with E-state index in [1.807, 2.05) is 33.8 Å². The second kappa shape index (κ2) is 6.06. The van der Waals surface area contributed by atoms with Crippen molar-refractivity contribution < 1.29 is 9.53 Å². The summed E-state index contributed by atoms with van der Waals surface area (Å²) < 4.78 is 5.09. The first-order chi connectivity index (χ1) is 8.38. The molecule has 0 bridgehead atoms. The number of alkyl carbamates (subject to hydrolysis) is 1. The van der Waals surface area contributed by atoms with Crippen LogP contribution in [0.15, 0.2) is 18.5 Å². The molecular formula is C14H18N2O2. The Bertz CT molecular complexity index is 479. The lowest BCUT2D eigenvalue weighted by Crippen LogP contribution is -2.32. The number of carbonyl (C=O) groups excluding carboxylic acids is 1. The Morgan fingerprint density at radius 1 is 1.50 bits per heavy atom. The van der Waals surface area contributed by atoms with E-state index in [1.54, 1.807) is 12.4 Å². The van der Waals surface area contributed by atoms with E-state index in [0.29, 0.717) is 0 Å². The smallest absolute Gasteiger partial charge is 0.408 e. The van der Waals surface area contributed by atoms with Gasteiger partial charge in [-0.15, -0.1) is 0 Å². The Balaban J connectivity index is 2.44. The van der Waals surface area contributed by atoms with Gasteiger partial charge in [0.2, 0.25) is 0 Å². The van der Waals surface area contributed by atoms with Crippen LogP contribution in [-0.4, -0.2) is 23.2 Å². The van der Waals surface area contributed by atoms with Crippen molar-refractivity contribution in [1.29, 1.82) is 0 Å². The zero-order valence-electron chi connectivity index (χ0n) is 11.2. The van der Waals surface area contributed by atoms with E-state index in [0.717, 1.165) is 11.1 Å². The number of rotatable bonds is 1. The molecule has 1 aromatic heterocycles. The van der Waals surface area contributed by atoms with Crippen LogP contribution in [0.2, 0.25) is 0 Å². The second-order valence-electron chi connectivity index (χ2n) is 4.85. The molecule has 4 heteroatoms. The topological polar surface area (TPSA) is 51.2 Å². The molecule has 1 rings (SSSR count). The normalized spacial score (nSPS) is 10.2. The Morgan fingerprint density at radius 2 is 2.22 bits per heavy atom. The Hall–Kier alpha value is -2.02. The van der Waals surface area contributed by atoms with Gasteiger partial charge in [0.15, 0.2) is 0 Å². The first-order valence-electron chi connectivity index (χ1n) is 5.75. The van der Waals surface area contributed by atoms with Crippen LogP contribution in [0.1, 0.15) is 31.9 Å². The minimum absolute atomic E-state index is 0.261. The average molecular weight is 246 g/mol. The molecule has 1 heterocycles. The average Bonchev–Trinajstić information content (AvgIpc) is 2.24. The van der Waals surface area contributed by atoms with Gasteiger partial charge in [-0.3, -0.25) is 4.98 Å². The first kappa shape index (κ1) is 14.0. The summed E-state index contributed by atoms with van der Waals surface area (Å²) in [6, 6.07) is 1.84. The summed E-state index contributed by atoms with van der Waals surface area (Å²) >= 11 is 0. The molecule has 0 unspecified atom stereocenters. The SMILES string of the molecule is Cc1cnccc1C#CCNC(=O)OC(C)(C)C. The largest absolute Gasteiger partial charge is 0.444 e. The number of carbonyl (C=O) groups is 1. The molecule has 96 valence electrons. The van der Waals surface area contributed by atoms with Crippen molar-refractivity contribution >= 4 is 6.09 Å². The molecule has 0 radical (unpaired) electrons. The lowest BCUT2D eigenvalue weighted by molar-refractivity contribution is 0.0535. The maximum atomic E-state index is 11.3. The van der Waals surface area contributed by atoms with E-state index in [-0.39, 0.29) is 6.54 Å². The van der Waals surface area contributed by atoms with Crippen LogP contribution in [0.4, 0.5) is 4.79 Å². The van der Waals surface area contributed by atoms with E-state index in [9.17, 15) is 4.79 Å². The predicted octanol–water partition coefficient (Wildman–Crippen LogP) is 2.27. The number of aromatic nitrogens is 1. The molecular weight excluding hydrogens is 228 g/mol. The zero-order valence-corrected chi connectivity index (χ0v) is 11.2. The monoisotopic (exact) mass is 246 g/mol. The molecule has 0 aliphatic rings. The molecule has 1 N–H and O–H groups in total. The highest BCUT2D eigenvalue weighted by molar-refractivity contribution is 5.68. The van der Waals surface area contributed by atoms with Gasteiger partial charge in [0, 0.05) is 18.0 Å². The molecule has 0 aromatic carbocycles. The van der Waals surface area contributed by atoms with Gasteiger partial charge < -0.3 is 10.1 Å². The molecule has 1 amide bonds. The van der Waals surface area contributed by atoms with Gasteiger partial charge in [0.1, 0.15) is 5.60 Å². The Kier molecular flexibility index (Phi) is 4.73. The second-order valence-corrected chi connectivity index (χ2v) is 4.85. The van der Waals surface area contributed by atoms with Gasteiger partial charge in [-0.1, -0.05) is 11.8 Å². The van der Waals surface area contributed by atoms with Gasteiger partial charge in [-0.25, -0.2) is 4.79 Å². The molecule has 0 aliphatic heterocycles. The maximum absolute atomic E-state index is 11.3. The molecule has 0 spiro atoms. The van der Waals surface area contributed by atoms with E-state index in [1.165, 1.54) is 0 Å². The molecule has 0 fully saturated rings. The number of ether oxygens (including phenoxy) is 1. The van der Waals surface area contributed by atoms with Crippen molar-refractivity contribution in [3.05, 3.63) is 29.6 Å². The van der Waals surface area contributed by atoms with E-state index < -0.39 is 11.7 Å². The third-order valence-electron chi connectivity index (χ3n) is 1.96. The van der Waals surface area contributed by atoms with Crippen LogP contribution < -0.4 is 5.32 Å². The number of aryl methyl sites for hydroxylation is 1. The van der Waals surface area contributed by atoms with E-state index in [2.05, 4.69) is 22.1 Å². The molecule has 4 nitrogen and oxygen atoms in total. The summed E-state index contributed by atoms with van der Waals surface area (Å²) in [7, 11) is 0. The number of hydrogen-bond donors (Lipinski definition) is 1. The minimum atomic E-state index is -0.487. The molecule has 18 heavy (non-hydrogen) atoms. The minimum Gasteiger partial charge on any atom is -0.444 e. The summed E-state index contributed by atoms with van der Waals surface area (Å²) in [6.45, 7) is 7.66. The highest BCUT2D eigenvalue weighted by Crippen LogP contribution is 2.06. The van der Waals surface area contributed by atoms with Gasteiger partial charge in [0.05, 0.1) is 6.54 Å². The van der Waals surface area contributed by atoms with Gasteiger partial charge in [-0.2, -0.15) is 0 Å². The van der Waals surface area contributed by atoms with Crippen LogP contribution in [0.25, 0.3) is 0 Å². The van der Waals surface area contributed by atoms with E-state index in [4.69, 9.17) is 4.74 Å². The number of pyridine rings is 1. The van der Waals surface area contributed by atoms with Crippen LogP contribution in [0.3, 0.4) is 0 Å². The highest BCUT2D eigenvalue weighted by atomic mass is 16.6. The summed E-state index contributed by atoms with van der Waals surface area (Å²) in [4.78, 5) is 15.3. The van der Waals surface area contributed by atoms with Gasteiger partial charge >= 0.3 is 6.09 Å². The first-order valence-corrected chi connectivity index (χ1v) is 5.75. The Morgan fingerprint density at radius 3 is 2.83 bits per heavy atom. The van der Waals surface area contributed by atoms with Crippen LogP contribution in [0, 0.1) is 18.8 Å². The number of hydrogen-bond acceptors (Lipinski definition) is 3. The fourth-order valence-electron chi connectivity index (χ4n) is 1.18. The Labute approximate surface area is 108 Å². The van der Waals surface area contributed by atoms with Crippen molar-refractivity contribution in [2.24, 2.45) is 0 Å². The van der Waals surface area contributed by atoms with E-state index >= 15 is 0 Å². The molecule has 0 aliphatic carbocycles. The third kappa shape index (κ3) is 5.35. The van der Waals surface area contributed by atoms with Crippen molar-refractivity contribution in [1.82, 2.24) is 10.3 Å². The molecule has 0 saturated heterocycles. The lowest BCUT2D eigenvalue weighted by Gasteiger charge is -2.19. The fraction of sp³-hybridized carbons (Fsp3) is 0.429. The number of nitrogens with zero attached hydrogens (tertiary/aromatic N) is 1. The van der Waals surface area contributed by atoms with Gasteiger partial charge in [0.25, 0.3) is 0 Å². The standard InChI is InChI=1S/C14H18N2O2/c1-11-10-15-9-7-12(11)6-5-8-16-13(17)18-14(2,3)4/h7,9-10H,8H2,1-4H3,(H,16,17). The van der Waals surface area contributed by atoms with Gasteiger partial charge in [-0.05, 0) is 39.3 Å². The van der Waals surface area contributed by atoms with Crippen LogP contribution in [-0.2, 0) is 4.74 Å². The number of nitrogens with one attached hydrogen (secondary N) is 1. The highest BCUT2D eigenvalue weighted by Gasteiger charge is 2.14.